The lowest BCUT2D eigenvalue weighted by Crippen LogP contribution is -2.20. The fraction of sp³-hybridized carbons (Fsp3) is 0.250. The maximum atomic E-state index is 12.4. The quantitative estimate of drug-likeness (QED) is 0.910. The van der Waals surface area contributed by atoms with Gasteiger partial charge in [0.2, 0.25) is 0 Å². The standard InChI is InChI=1S/C12H12F3N5O/c1-20(2)7-4-3-5-16-10(7)11(21)17-9-6-8(18-19-9)12(13,14)15/h3-6H,1-2H3,(H2,17,18,19,21). The minimum absolute atomic E-state index is 0.0964. The van der Waals surface area contributed by atoms with Crippen molar-refractivity contribution in [1.29, 1.82) is 0 Å². The summed E-state index contributed by atoms with van der Waals surface area (Å²) >= 11 is 0. The molecular weight excluding hydrogens is 287 g/mol. The monoisotopic (exact) mass is 299 g/mol. The summed E-state index contributed by atoms with van der Waals surface area (Å²) in [5.41, 5.74) is -0.396. The summed E-state index contributed by atoms with van der Waals surface area (Å²) in [6.07, 6.45) is -3.12. The Morgan fingerprint density at radius 2 is 2.10 bits per heavy atom. The molecule has 0 spiro atoms. The number of amides is 1. The molecule has 0 radical (unpaired) electrons. The minimum Gasteiger partial charge on any atom is -0.376 e. The summed E-state index contributed by atoms with van der Waals surface area (Å²) in [6.45, 7) is 0. The van der Waals surface area contributed by atoms with Gasteiger partial charge in [0, 0.05) is 26.4 Å². The first-order valence-corrected chi connectivity index (χ1v) is 5.85. The van der Waals surface area contributed by atoms with Gasteiger partial charge in [-0.3, -0.25) is 9.89 Å². The molecule has 2 N–H and O–H groups in total. The summed E-state index contributed by atoms with van der Waals surface area (Å²) in [5, 5.41) is 7.50. The van der Waals surface area contributed by atoms with Crippen LogP contribution >= 0.6 is 0 Å². The zero-order valence-electron chi connectivity index (χ0n) is 11.2. The molecule has 21 heavy (non-hydrogen) atoms. The first-order valence-electron chi connectivity index (χ1n) is 5.85. The third-order valence-corrected chi connectivity index (χ3v) is 2.61. The summed E-state index contributed by atoms with van der Waals surface area (Å²) in [5.74, 6) is -0.859. The average molecular weight is 299 g/mol. The summed E-state index contributed by atoms with van der Waals surface area (Å²) in [7, 11) is 3.45. The van der Waals surface area contributed by atoms with Gasteiger partial charge in [-0.2, -0.15) is 18.3 Å². The molecule has 0 atom stereocenters. The summed E-state index contributed by atoms with van der Waals surface area (Å²) < 4.78 is 37.3. The van der Waals surface area contributed by atoms with Gasteiger partial charge in [0.1, 0.15) is 5.69 Å². The zero-order chi connectivity index (χ0) is 15.6. The van der Waals surface area contributed by atoms with E-state index in [2.05, 4.69) is 15.4 Å². The van der Waals surface area contributed by atoms with Crippen LogP contribution in [0.2, 0.25) is 0 Å². The highest BCUT2D eigenvalue weighted by molar-refractivity contribution is 6.06. The molecule has 0 fully saturated rings. The van der Waals surface area contributed by atoms with Crippen LogP contribution in [0.15, 0.2) is 24.4 Å². The lowest BCUT2D eigenvalue weighted by Gasteiger charge is -2.15. The molecule has 0 saturated carbocycles. The highest BCUT2D eigenvalue weighted by Crippen LogP contribution is 2.28. The number of anilines is 2. The second kappa shape index (κ2) is 5.43. The first-order chi connectivity index (χ1) is 9.79. The van der Waals surface area contributed by atoms with Gasteiger partial charge in [0.25, 0.3) is 5.91 Å². The Hall–Kier alpha value is -2.58. The van der Waals surface area contributed by atoms with Crippen molar-refractivity contribution in [2.45, 2.75) is 6.18 Å². The molecule has 2 heterocycles. The van der Waals surface area contributed by atoms with Gasteiger partial charge in [-0.1, -0.05) is 0 Å². The summed E-state index contributed by atoms with van der Waals surface area (Å²) in [6, 6.07) is 4.05. The SMILES string of the molecule is CN(C)c1cccnc1C(=O)Nc1cc(C(F)(F)F)[nH]n1. The second-order valence-electron chi connectivity index (χ2n) is 4.38. The fourth-order valence-electron chi connectivity index (χ4n) is 1.64. The van der Waals surface area contributed by atoms with Gasteiger partial charge in [-0.05, 0) is 12.1 Å². The maximum absolute atomic E-state index is 12.4. The molecule has 0 aliphatic rings. The van der Waals surface area contributed by atoms with Crippen LogP contribution in [0.1, 0.15) is 16.2 Å². The van der Waals surface area contributed by atoms with E-state index >= 15 is 0 Å². The Balaban J connectivity index is 2.21. The molecule has 0 bridgehead atoms. The van der Waals surface area contributed by atoms with E-state index in [0.29, 0.717) is 5.69 Å². The Kier molecular flexibility index (Phi) is 3.83. The lowest BCUT2D eigenvalue weighted by molar-refractivity contribution is -0.141. The number of pyridine rings is 1. The molecule has 6 nitrogen and oxygen atoms in total. The van der Waals surface area contributed by atoms with E-state index in [-0.39, 0.29) is 11.5 Å². The number of nitrogens with one attached hydrogen (secondary N) is 2. The van der Waals surface area contributed by atoms with E-state index in [1.807, 2.05) is 5.10 Å². The number of halogens is 3. The number of aromatic nitrogens is 3. The van der Waals surface area contributed by atoms with Gasteiger partial charge < -0.3 is 10.2 Å². The molecule has 0 aliphatic heterocycles. The van der Waals surface area contributed by atoms with Crippen molar-refractivity contribution in [1.82, 2.24) is 15.2 Å². The van der Waals surface area contributed by atoms with Crippen LogP contribution in [0, 0.1) is 0 Å². The average Bonchev–Trinajstić information content (AvgIpc) is 2.87. The number of carbonyl (C=O) groups excluding carboxylic acids is 1. The molecule has 2 aromatic heterocycles. The van der Waals surface area contributed by atoms with Crippen LogP contribution in [0.25, 0.3) is 0 Å². The van der Waals surface area contributed by atoms with Gasteiger partial charge in [-0.25, -0.2) is 4.98 Å². The largest absolute Gasteiger partial charge is 0.432 e. The van der Waals surface area contributed by atoms with Crippen LogP contribution < -0.4 is 10.2 Å². The van der Waals surface area contributed by atoms with Crippen LogP contribution in [0.5, 0.6) is 0 Å². The molecule has 0 saturated heterocycles. The number of hydrogen-bond donors (Lipinski definition) is 2. The van der Waals surface area contributed by atoms with E-state index in [0.717, 1.165) is 6.07 Å². The van der Waals surface area contributed by atoms with E-state index in [4.69, 9.17) is 0 Å². The van der Waals surface area contributed by atoms with Crippen molar-refractivity contribution in [3.63, 3.8) is 0 Å². The highest BCUT2D eigenvalue weighted by Gasteiger charge is 2.33. The topological polar surface area (TPSA) is 73.9 Å². The Morgan fingerprint density at radius 3 is 2.67 bits per heavy atom. The number of H-pyrrole nitrogens is 1. The molecule has 9 heteroatoms. The smallest absolute Gasteiger partial charge is 0.376 e. The minimum atomic E-state index is -4.55. The van der Waals surface area contributed by atoms with Crippen LogP contribution in [-0.2, 0) is 6.18 Å². The normalized spacial score (nSPS) is 11.3. The van der Waals surface area contributed by atoms with Crippen LogP contribution in [0.4, 0.5) is 24.7 Å². The third kappa shape index (κ3) is 3.30. The van der Waals surface area contributed by atoms with Crippen molar-refractivity contribution >= 4 is 17.4 Å². The predicted molar refractivity (Wildman–Crippen MR) is 70.1 cm³/mol. The first kappa shape index (κ1) is 14.8. The molecule has 0 aliphatic carbocycles. The predicted octanol–water partition coefficient (Wildman–Crippen LogP) is 2.14. The molecule has 112 valence electrons. The van der Waals surface area contributed by atoms with E-state index in [1.54, 1.807) is 31.1 Å². The van der Waals surface area contributed by atoms with E-state index in [9.17, 15) is 18.0 Å². The van der Waals surface area contributed by atoms with Crippen molar-refractivity contribution in [2.75, 3.05) is 24.3 Å². The Labute approximate surface area is 118 Å². The highest BCUT2D eigenvalue weighted by atomic mass is 19.4. The third-order valence-electron chi connectivity index (χ3n) is 2.61. The van der Waals surface area contributed by atoms with Crippen LogP contribution in [-0.4, -0.2) is 35.2 Å². The number of nitrogens with zero attached hydrogens (tertiary/aromatic N) is 3. The van der Waals surface area contributed by atoms with Crippen molar-refractivity contribution in [2.24, 2.45) is 0 Å². The molecule has 0 aromatic carbocycles. The number of carbonyl (C=O) groups is 1. The number of rotatable bonds is 3. The summed E-state index contributed by atoms with van der Waals surface area (Å²) in [4.78, 5) is 17.7. The number of aromatic amines is 1. The van der Waals surface area contributed by atoms with Gasteiger partial charge >= 0.3 is 6.18 Å². The second-order valence-corrected chi connectivity index (χ2v) is 4.38. The van der Waals surface area contributed by atoms with Gasteiger partial charge in [-0.15, -0.1) is 0 Å². The number of alkyl halides is 3. The molecule has 0 unspecified atom stereocenters. The van der Waals surface area contributed by atoms with Crippen molar-refractivity contribution in [3.8, 4) is 0 Å². The zero-order valence-corrected chi connectivity index (χ0v) is 11.2. The Bertz CT molecular complexity index is 650. The van der Waals surface area contributed by atoms with E-state index < -0.39 is 17.8 Å². The van der Waals surface area contributed by atoms with Crippen molar-refractivity contribution < 1.29 is 18.0 Å². The molecule has 2 aromatic rings. The maximum Gasteiger partial charge on any atom is 0.432 e. The molecule has 1 amide bonds. The Morgan fingerprint density at radius 1 is 1.38 bits per heavy atom. The number of hydrogen-bond acceptors (Lipinski definition) is 4. The molecule has 2 rings (SSSR count). The van der Waals surface area contributed by atoms with Gasteiger partial charge in [0.05, 0.1) is 5.69 Å². The van der Waals surface area contributed by atoms with E-state index in [1.165, 1.54) is 6.20 Å². The fourth-order valence-corrected chi connectivity index (χ4v) is 1.64. The lowest BCUT2D eigenvalue weighted by atomic mass is 10.2. The van der Waals surface area contributed by atoms with Crippen molar-refractivity contribution in [3.05, 3.63) is 35.8 Å². The molecular formula is C12H12F3N5O. The van der Waals surface area contributed by atoms with Crippen LogP contribution in [0.3, 0.4) is 0 Å². The van der Waals surface area contributed by atoms with Gasteiger partial charge in [0.15, 0.2) is 11.5 Å².